The molecule has 1 saturated heterocycles. The van der Waals surface area contributed by atoms with Gasteiger partial charge in [-0.15, -0.1) is 0 Å². The molecule has 0 aromatic carbocycles. The molecule has 0 spiro atoms. The number of hydrogen-bond acceptors (Lipinski definition) is 5. The SMILES string of the molecule is CN(C)CCN1CCCC1C(C)(C)C(=O)NCCC(=O)NCCC(=O)O. The van der Waals surface area contributed by atoms with Gasteiger partial charge >= 0.3 is 5.97 Å². The predicted molar refractivity (Wildman–Crippen MR) is 99.8 cm³/mol. The van der Waals surface area contributed by atoms with E-state index >= 15 is 0 Å². The van der Waals surface area contributed by atoms with E-state index < -0.39 is 11.4 Å². The van der Waals surface area contributed by atoms with Crippen LogP contribution in [0.1, 0.15) is 39.5 Å². The smallest absolute Gasteiger partial charge is 0.305 e. The Morgan fingerprint density at radius 2 is 1.81 bits per heavy atom. The second-order valence-corrected chi connectivity index (χ2v) is 7.72. The lowest BCUT2D eigenvalue weighted by atomic mass is 9.81. The first-order valence-corrected chi connectivity index (χ1v) is 9.30. The van der Waals surface area contributed by atoms with Crippen molar-refractivity contribution in [2.45, 2.75) is 45.6 Å². The summed E-state index contributed by atoms with van der Waals surface area (Å²) < 4.78 is 0. The Morgan fingerprint density at radius 3 is 2.42 bits per heavy atom. The minimum atomic E-state index is -0.948. The third kappa shape index (κ3) is 7.29. The van der Waals surface area contributed by atoms with E-state index in [1.54, 1.807) is 0 Å². The molecular weight excluding hydrogens is 336 g/mol. The molecule has 1 aliphatic rings. The normalized spacial score (nSPS) is 18.1. The van der Waals surface area contributed by atoms with Crippen molar-refractivity contribution in [3.05, 3.63) is 0 Å². The molecule has 0 radical (unpaired) electrons. The van der Waals surface area contributed by atoms with E-state index in [1.807, 2.05) is 27.9 Å². The lowest BCUT2D eigenvalue weighted by Gasteiger charge is -2.37. The molecule has 1 aliphatic heterocycles. The average molecular weight is 370 g/mol. The number of hydrogen-bond donors (Lipinski definition) is 3. The van der Waals surface area contributed by atoms with Crippen molar-refractivity contribution in [1.29, 1.82) is 0 Å². The highest BCUT2D eigenvalue weighted by molar-refractivity contribution is 5.83. The van der Waals surface area contributed by atoms with Crippen molar-refractivity contribution in [2.24, 2.45) is 5.41 Å². The van der Waals surface area contributed by atoms with Crippen LogP contribution in [-0.2, 0) is 14.4 Å². The maximum atomic E-state index is 12.7. The molecular formula is C18H34N4O4. The van der Waals surface area contributed by atoms with Crippen LogP contribution in [0.4, 0.5) is 0 Å². The number of nitrogens with one attached hydrogen (secondary N) is 2. The fourth-order valence-corrected chi connectivity index (χ4v) is 3.31. The number of carboxylic acid groups (broad SMARTS) is 1. The number of aliphatic carboxylic acids is 1. The van der Waals surface area contributed by atoms with Crippen LogP contribution in [0.3, 0.4) is 0 Å². The second-order valence-electron chi connectivity index (χ2n) is 7.72. The third-order valence-corrected chi connectivity index (χ3v) is 4.92. The molecule has 0 aromatic heterocycles. The van der Waals surface area contributed by atoms with Gasteiger partial charge in [0, 0.05) is 38.6 Å². The minimum Gasteiger partial charge on any atom is -0.481 e. The fraction of sp³-hybridized carbons (Fsp3) is 0.833. The standard InChI is InChI=1S/C18H34N4O4/c1-18(2,14-6-5-11-22(14)13-12-21(3)4)17(26)20-9-7-15(23)19-10-8-16(24)25/h14H,5-13H2,1-4H3,(H,19,23)(H,20,26)(H,24,25). The number of rotatable bonds is 11. The first-order valence-electron chi connectivity index (χ1n) is 9.30. The van der Waals surface area contributed by atoms with Gasteiger partial charge in [0.25, 0.3) is 0 Å². The van der Waals surface area contributed by atoms with Crippen LogP contribution in [-0.4, -0.2) is 85.6 Å². The summed E-state index contributed by atoms with van der Waals surface area (Å²) in [5.41, 5.74) is -0.525. The summed E-state index contributed by atoms with van der Waals surface area (Å²) in [6.45, 7) is 7.22. The lowest BCUT2D eigenvalue weighted by Crippen LogP contribution is -2.51. The number of nitrogens with zero attached hydrogens (tertiary/aromatic N) is 2. The number of carbonyl (C=O) groups excluding carboxylic acids is 2. The number of likely N-dealkylation sites (tertiary alicyclic amines) is 1. The molecule has 1 rings (SSSR count). The molecule has 0 saturated carbocycles. The highest BCUT2D eigenvalue weighted by Crippen LogP contribution is 2.33. The molecule has 1 fully saturated rings. The van der Waals surface area contributed by atoms with Gasteiger partial charge in [0.2, 0.25) is 11.8 Å². The van der Waals surface area contributed by atoms with Crippen LogP contribution >= 0.6 is 0 Å². The quantitative estimate of drug-likeness (QED) is 0.478. The van der Waals surface area contributed by atoms with Gasteiger partial charge in [-0.05, 0) is 47.3 Å². The van der Waals surface area contributed by atoms with E-state index in [0.717, 1.165) is 32.5 Å². The average Bonchev–Trinajstić information content (AvgIpc) is 3.01. The summed E-state index contributed by atoms with van der Waals surface area (Å²) in [4.78, 5) is 39.3. The Hall–Kier alpha value is -1.67. The summed E-state index contributed by atoms with van der Waals surface area (Å²) in [5, 5.41) is 13.9. The second kappa shape index (κ2) is 10.5. The van der Waals surface area contributed by atoms with E-state index in [0.29, 0.717) is 0 Å². The molecule has 150 valence electrons. The van der Waals surface area contributed by atoms with Crippen molar-refractivity contribution in [3.8, 4) is 0 Å². The van der Waals surface area contributed by atoms with Gasteiger partial charge in [-0.3, -0.25) is 19.3 Å². The molecule has 0 bridgehead atoms. The maximum absolute atomic E-state index is 12.7. The van der Waals surface area contributed by atoms with Gasteiger partial charge in [-0.1, -0.05) is 0 Å². The summed E-state index contributed by atoms with van der Waals surface area (Å²) in [6, 6.07) is 0.201. The molecule has 1 atom stereocenters. The summed E-state index contributed by atoms with van der Waals surface area (Å²) in [7, 11) is 4.09. The third-order valence-electron chi connectivity index (χ3n) is 4.92. The van der Waals surface area contributed by atoms with Crippen molar-refractivity contribution >= 4 is 17.8 Å². The molecule has 2 amide bonds. The molecule has 1 heterocycles. The van der Waals surface area contributed by atoms with E-state index in [9.17, 15) is 14.4 Å². The van der Waals surface area contributed by atoms with E-state index in [2.05, 4.69) is 20.4 Å². The van der Waals surface area contributed by atoms with Gasteiger partial charge in [-0.25, -0.2) is 0 Å². The zero-order valence-corrected chi connectivity index (χ0v) is 16.5. The number of carbonyl (C=O) groups is 3. The highest BCUT2D eigenvalue weighted by Gasteiger charge is 2.42. The van der Waals surface area contributed by atoms with Crippen LogP contribution < -0.4 is 10.6 Å². The van der Waals surface area contributed by atoms with Crippen LogP contribution in [0.15, 0.2) is 0 Å². The molecule has 8 nitrogen and oxygen atoms in total. The molecule has 8 heteroatoms. The molecule has 0 aromatic rings. The topological polar surface area (TPSA) is 102 Å². The Kier molecular flexibility index (Phi) is 9.01. The highest BCUT2D eigenvalue weighted by atomic mass is 16.4. The Morgan fingerprint density at radius 1 is 1.15 bits per heavy atom. The van der Waals surface area contributed by atoms with E-state index in [4.69, 9.17) is 5.11 Å². The largest absolute Gasteiger partial charge is 0.481 e. The molecule has 1 unspecified atom stereocenters. The van der Waals surface area contributed by atoms with Crippen molar-refractivity contribution in [2.75, 3.05) is 46.8 Å². The van der Waals surface area contributed by atoms with Gasteiger partial charge in [-0.2, -0.15) is 0 Å². The summed E-state index contributed by atoms with van der Waals surface area (Å²) >= 11 is 0. The molecule has 3 N–H and O–H groups in total. The predicted octanol–water partition coefficient (Wildman–Crippen LogP) is 0.136. The number of likely N-dealkylation sites (N-methyl/N-ethyl adjacent to an activating group) is 1. The first-order chi connectivity index (χ1) is 12.1. The molecule has 26 heavy (non-hydrogen) atoms. The lowest BCUT2D eigenvalue weighted by molar-refractivity contribution is -0.137. The number of amides is 2. The Bertz CT molecular complexity index is 494. The van der Waals surface area contributed by atoms with Gasteiger partial charge < -0.3 is 20.6 Å². The van der Waals surface area contributed by atoms with Gasteiger partial charge in [0.05, 0.1) is 11.8 Å². The fourth-order valence-electron chi connectivity index (χ4n) is 3.31. The maximum Gasteiger partial charge on any atom is 0.305 e. The van der Waals surface area contributed by atoms with Crippen LogP contribution in [0.5, 0.6) is 0 Å². The first kappa shape index (κ1) is 22.4. The van der Waals surface area contributed by atoms with Crippen molar-refractivity contribution < 1.29 is 19.5 Å². The Labute approximate surface area is 156 Å². The molecule has 0 aliphatic carbocycles. The van der Waals surface area contributed by atoms with E-state index in [1.165, 1.54) is 0 Å². The minimum absolute atomic E-state index is 0.0439. The van der Waals surface area contributed by atoms with Gasteiger partial charge in [0.1, 0.15) is 0 Å². The van der Waals surface area contributed by atoms with Crippen LogP contribution in [0.2, 0.25) is 0 Å². The van der Waals surface area contributed by atoms with Crippen molar-refractivity contribution in [3.63, 3.8) is 0 Å². The van der Waals surface area contributed by atoms with Crippen LogP contribution in [0.25, 0.3) is 0 Å². The summed E-state index contributed by atoms with van der Waals surface area (Å²) in [5.74, 6) is -1.24. The van der Waals surface area contributed by atoms with Gasteiger partial charge in [0.15, 0.2) is 0 Å². The van der Waals surface area contributed by atoms with E-state index in [-0.39, 0.29) is 43.8 Å². The Balaban J connectivity index is 2.41. The van der Waals surface area contributed by atoms with Crippen LogP contribution in [0, 0.1) is 5.41 Å². The zero-order chi connectivity index (χ0) is 19.7. The van der Waals surface area contributed by atoms with Crippen molar-refractivity contribution in [1.82, 2.24) is 20.4 Å². The number of carboxylic acids is 1. The summed E-state index contributed by atoms with van der Waals surface area (Å²) in [6.07, 6.45) is 2.15. The monoisotopic (exact) mass is 370 g/mol. The zero-order valence-electron chi connectivity index (χ0n) is 16.5.